The average molecular weight is 220 g/mol. The number of hydrogen-bond acceptors (Lipinski definition) is 3. The van der Waals surface area contributed by atoms with E-state index in [1.807, 2.05) is 6.07 Å². The van der Waals surface area contributed by atoms with E-state index in [0.29, 0.717) is 24.2 Å². The third-order valence-corrected chi connectivity index (χ3v) is 3.90. The van der Waals surface area contributed by atoms with Gasteiger partial charge in [-0.05, 0) is 36.8 Å². The van der Waals surface area contributed by atoms with Crippen molar-refractivity contribution in [3.8, 4) is 0 Å². The Balaban J connectivity index is 1.70. The van der Waals surface area contributed by atoms with Gasteiger partial charge in [0, 0.05) is 13.0 Å². The number of rotatable bonds is 4. The van der Waals surface area contributed by atoms with Crippen LogP contribution in [-0.4, -0.2) is 12.9 Å². The smallest absolute Gasteiger partial charge is 0.201 e. The Bertz CT molecular complexity index is 397. The molecule has 3 heteroatoms. The van der Waals surface area contributed by atoms with Crippen molar-refractivity contribution in [1.82, 2.24) is 0 Å². The molecule has 2 fully saturated rings. The first-order chi connectivity index (χ1) is 7.81. The first-order valence-corrected chi connectivity index (χ1v) is 5.93. The quantitative estimate of drug-likeness (QED) is 0.732. The topological polar surface area (TPSA) is 39.4 Å². The van der Waals surface area contributed by atoms with Gasteiger partial charge in [-0.25, -0.2) is 0 Å². The second-order valence-corrected chi connectivity index (χ2v) is 4.85. The lowest BCUT2D eigenvalue weighted by molar-refractivity contribution is 0.0915. The Morgan fingerprint density at radius 3 is 2.88 bits per heavy atom. The van der Waals surface area contributed by atoms with Crippen LogP contribution in [0.4, 0.5) is 0 Å². The van der Waals surface area contributed by atoms with Crippen molar-refractivity contribution in [2.75, 3.05) is 7.11 Å². The summed E-state index contributed by atoms with van der Waals surface area (Å²) in [7, 11) is 1.62. The van der Waals surface area contributed by atoms with Gasteiger partial charge in [0.2, 0.25) is 5.78 Å². The van der Waals surface area contributed by atoms with Crippen LogP contribution in [-0.2, 0) is 11.3 Å². The van der Waals surface area contributed by atoms with E-state index in [-0.39, 0.29) is 11.7 Å². The fraction of sp³-hybridized carbons (Fsp3) is 0.615. The van der Waals surface area contributed by atoms with Crippen LogP contribution in [0.3, 0.4) is 0 Å². The van der Waals surface area contributed by atoms with E-state index in [2.05, 4.69) is 0 Å². The lowest BCUT2D eigenvalue weighted by atomic mass is 10.1. The fourth-order valence-corrected chi connectivity index (χ4v) is 3.10. The second-order valence-electron chi connectivity index (χ2n) is 4.85. The molecule has 2 unspecified atom stereocenters. The van der Waals surface area contributed by atoms with Crippen LogP contribution in [0, 0.1) is 17.8 Å². The Hall–Kier alpha value is -1.09. The number of furan rings is 1. The highest BCUT2D eigenvalue weighted by Gasteiger charge is 2.56. The number of hydrogen-bond donors (Lipinski definition) is 0. The summed E-state index contributed by atoms with van der Waals surface area (Å²) in [5.74, 6) is 3.03. The normalized spacial score (nSPS) is 31.4. The van der Waals surface area contributed by atoms with Crippen LogP contribution in [0.1, 0.15) is 35.6 Å². The molecule has 2 atom stereocenters. The lowest BCUT2D eigenvalue weighted by Crippen LogP contribution is -2.04. The number of carbonyl (C=O) groups is 1. The minimum atomic E-state index is 0.206. The molecule has 3 nitrogen and oxygen atoms in total. The zero-order valence-electron chi connectivity index (χ0n) is 9.44. The monoisotopic (exact) mass is 220 g/mol. The predicted octanol–water partition coefficient (Wildman–Crippen LogP) is 2.65. The molecule has 2 aliphatic carbocycles. The Kier molecular flexibility index (Phi) is 2.36. The maximum absolute atomic E-state index is 12.1. The summed E-state index contributed by atoms with van der Waals surface area (Å²) >= 11 is 0. The molecule has 2 aliphatic rings. The maximum atomic E-state index is 12.1. The van der Waals surface area contributed by atoms with Gasteiger partial charge in [0.1, 0.15) is 12.4 Å². The SMILES string of the molecule is COCc1ccc(C(=O)C2C3CCCC32)o1. The number of Topliss-reactive ketones (excluding diaryl/α,β-unsaturated/α-hetero) is 1. The minimum absolute atomic E-state index is 0.206. The van der Waals surface area contributed by atoms with Crippen molar-refractivity contribution < 1.29 is 13.9 Å². The number of ether oxygens (including phenoxy) is 1. The first-order valence-electron chi connectivity index (χ1n) is 5.93. The van der Waals surface area contributed by atoms with Gasteiger partial charge in [0.15, 0.2) is 5.76 Å². The van der Waals surface area contributed by atoms with Gasteiger partial charge in [0.25, 0.3) is 0 Å². The third-order valence-electron chi connectivity index (χ3n) is 3.90. The highest BCUT2D eigenvalue weighted by molar-refractivity contribution is 5.97. The van der Waals surface area contributed by atoms with Crippen LogP contribution < -0.4 is 0 Å². The highest BCUT2D eigenvalue weighted by Crippen LogP contribution is 2.58. The minimum Gasteiger partial charge on any atom is -0.456 e. The molecule has 1 aromatic heterocycles. The van der Waals surface area contributed by atoms with Crippen LogP contribution >= 0.6 is 0 Å². The van der Waals surface area contributed by atoms with Crippen LogP contribution in [0.2, 0.25) is 0 Å². The van der Waals surface area contributed by atoms with Gasteiger partial charge < -0.3 is 9.15 Å². The zero-order chi connectivity index (χ0) is 11.1. The Morgan fingerprint density at radius 2 is 2.19 bits per heavy atom. The lowest BCUT2D eigenvalue weighted by Gasteiger charge is -1.99. The Morgan fingerprint density at radius 1 is 1.44 bits per heavy atom. The molecule has 16 heavy (non-hydrogen) atoms. The summed E-state index contributed by atoms with van der Waals surface area (Å²) in [6.45, 7) is 0.435. The molecular formula is C13H16O3. The van der Waals surface area contributed by atoms with Gasteiger partial charge in [-0.2, -0.15) is 0 Å². The van der Waals surface area contributed by atoms with Crippen molar-refractivity contribution in [1.29, 1.82) is 0 Å². The Labute approximate surface area is 94.8 Å². The van der Waals surface area contributed by atoms with Gasteiger partial charge in [-0.1, -0.05) is 6.42 Å². The molecular weight excluding hydrogens is 204 g/mol. The summed E-state index contributed by atoms with van der Waals surface area (Å²) in [4.78, 5) is 12.1. The van der Waals surface area contributed by atoms with E-state index in [1.165, 1.54) is 19.3 Å². The second kappa shape index (κ2) is 3.74. The number of fused-ring (bicyclic) bond motifs is 1. The van der Waals surface area contributed by atoms with Gasteiger partial charge in [-0.15, -0.1) is 0 Å². The number of ketones is 1. The summed E-state index contributed by atoms with van der Waals surface area (Å²) in [5.41, 5.74) is 0. The number of carbonyl (C=O) groups excluding carboxylic acids is 1. The molecule has 0 aliphatic heterocycles. The molecule has 0 radical (unpaired) electrons. The average Bonchev–Trinajstić information content (AvgIpc) is 2.73. The van der Waals surface area contributed by atoms with Crippen molar-refractivity contribution in [3.05, 3.63) is 23.7 Å². The summed E-state index contributed by atoms with van der Waals surface area (Å²) < 4.78 is 10.4. The highest BCUT2D eigenvalue weighted by atomic mass is 16.5. The van der Waals surface area contributed by atoms with E-state index in [9.17, 15) is 4.79 Å². The predicted molar refractivity (Wildman–Crippen MR) is 58.1 cm³/mol. The van der Waals surface area contributed by atoms with Crippen molar-refractivity contribution in [3.63, 3.8) is 0 Å². The zero-order valence-corrected chi connectivity index (χ0v) is 9.44. The van der Waals surface area contributed by atoms with Gasteiger partial charge in [-0.3, -0.25) is 4.79 Å². The molecule has 0 aromatic carbocycles. The van der Waals surface area contributed by atoms with E-state index in [1.54, 1.807) is 13.2 Å². The van der Waals surface area contributed by atoms with Crippen LogP contribution in [0.5, 0.6) is 0 Å². The van der Waals surface area contributed by atoms with Gasteiger partial charge >= 0.3 is 0 Å². The van der Waals surface area contributed by atoms with Gasteiger partial charge in [0.05, 0.1) is 0 Å². The van der Waals surface area contributed by atoms with E-state index >= 15 is 0 Å². The first kappa shape index (κ1) is 10.1. The molecule has 2 saturated carbocycles. The molecule has 1 aromatic rings. The summed E-state index contributed by atoms with van der Waals surface area (Å²) in [6, 6.07) is 3.61. The fourth-order valence-electron chi connectivity index (χ4n) is 3.10. The maximum Gasteiger partial charge on any atom is 0.201 e. The standard InChI is InChI=1S/C13H16O3/c1-15-7-8-5-6-11(16-8)13(14)12-9-3-2-4-10(9)12/h5-6,9-10,12H,2-4,7H2,1H3. The molecule has 3 rings (SSSR count). The van der Waals surface area contributed by atoms with Crippen molar-refractivity contribution >= 4 is 5.78 Å². The number of methoxy groups -OCH3 is 1. The summed E-state index contributed by atoms with van der Waals surface area (Å²) in [6.07, 6.45) is 3.76. The van der Waals surface area contributed by atoms with Crippen LogP contribution in [0.25, 0.3) is 0 Å². The molecule has 0 amide bonds. The van der Waals surface area contributed by atoms with E-state index < -0.39 is 0 Å². The molecule has 0 spiro atoms. The molecule has 1 heterocycles. The van der Waals surface area contributed by atoms with E-state index in [4.69, 9.17) is 9.15 Å². The van der Waals surface area contributed by atoms with Crippen LogP contribution in [0.15, 0.2) is 16.5 Å². The largest absolute Gasteiger partial charge is 0.456 e. The van der Waals surface area contributed by atoms with E-state index in [0.717, 1.165) is 5.76 Å². The molecule has 0 N–H and O–H groups in total. The summed E-state index contributed by atoms with van der Waals surface area (Å²) in [5, 5.41) is 0. The molecule has 86 valence electrons. The third kappa shape index (κ3) is 1.50. The molecule has 0 saturated heterocycles. The molecule has 0 bridgehead atoms. The van der Waals surface area contributed by atoms with Crippen molar-refractivity contribution in [2.24, 2.45) is 17.8 Å². The van der Waals surface area contributed by atoms with Crippen molar-refractivity contribution in [2.45, 2.75) is 25.9 Å².